The third-order valence-corrected chi connectivity index (χ3v) is 5.01. The van der Waals surface area contributed by atoms with Crippen molar-refractivity contribution in [2.75, 3.05) is 13.2 Å². The molecule has 0 radical (unpaired) electrons. The Morgan fingerprint density at radius 1 is 1.15 bits per heavy atom. The average Bonchev–Trinajstić information content (AvgIpc) is 3.17. The lowest BCUT2D eigenvalue weighted by atomic mass is 10.0. The minimum absolute atomic E-state index is 0.0786. The number of fused-ring (bicyclic) bond motifs is 1. The fourth-order valence-corrected chi connectivity index (χ4v) is 3.60. The van der Waals surface area contributed by atoms with Gasteiger partial charge in [-0.05, 0) is 43.2 Å². The summed E-state index contributed by atoms with van der Waals surface area (Å²) < 4.78 is 27.0. The zero-order valence-corrected chi connectivity index (χ0v) is 14.5. The number of carbonyl (C=O) groups is 1. The lowest BCUT2D eigenvalue weighted by molar-refractivity contribution is 0.0679. The fraction of sp³-hybridized carbons (Fsp3) is 0.238. The number of aromatic nitrogens is 1. The summed E-state index contributed by atoms with van der Waals surface area (Å²) in [5.74, 6) is -2.08. The second-order valence-electron chi connectivity index (χ2n) is 6.68. The van der Waals surface area contributed by atoms with Crippen LogP contribution in [0.25, 0.3) is 22.2 Å². The van der Waals surface area contributed by atoms with Crippen LogP contribution in [0, 0.1) is 11.6 Å². The van der Waals surface area contributed by atoms with Crippen LogP contribution in [0.5, 0.6) is 0 Å². The summed E-state index contributed by atoms with van der Waals surface area (Å²) in [6, 6.07) is 12.2. The summed E-state index contributed by atoms with van der Waals surface area (Å²) in [6.07, 6.45) is 1.61. The number of likely N-dealkylation sites (tertiary alicyclic amines) is 1. The maximum atomic E-state index is 13.7. The van der Waals surface area contributed by atoms with Gasteiger partial charge in [0.1, 0.15) is 0 Å². The van der Waals surface area contributed by atoms with Crippen molar-refractivity contribution in [3.8, 4) is 11.3 Å². The van der Waals surface area contributed by atoms with Crippen LogP contribution < -0.4 is 0 Å². The minimum atomic E-state index is -0.963. The van der Waals surface area contributed by atoms with Crippen molar-refractivity contribution in [3.05, 3.63) is 65.7 Å². The Bertz CT molecular complexity index is 1020. The second kappa shape index (κ2) is 7.04. The topological polar surface area (TPSA) is 53.4 Å². The molecule has 1 atom stereocenters. The fourth-order valence-electron chi connectivity index (χ4n) is 3.60. The average molecular weight is 368 g/mol. The summed E-state index contributed by atoms with van der Waals surface area (Å²) in [7, 11) is 0. The first-order valence-electron chi connectivity index (χ1n) is 8.85. The number of carbonyl (C=O) groups excluding carboxylic acids is 1. The van der Waals surface area contributed by atoms with Gasteiger partial charge >= 0.3 is 0 Å². The number of amides is 1. The Kier molecular flexibility index (Phi) is 4.58. The highest BCUT2D eigenvalue weighted by Gasteiger charge is 2.30. The molecule has 4 nitrogen and oxygen atoms in total. The highest BCUT2D eigenvalue weighted by molar-refractivity contribution is 6.07. The van der Waals surface area contributed by atoms with Gasteiger partial charge in [-0.1, -0.05) is 18.2 Å². The first-order valence-corrected chi connectivity index (χ1v) is 8.85. The standard InChI is InChI=1S/C21H18F2N2O2/c22-17-8-7-13(10-18(17)23)20-11-16(15-5-1-2-6-19(15)24-20)21(27)25-9-3-4-14(25)12-26/h1-2,5-8,10-11,14,26H,3-4,9,12H2/t14-/m0/s1. The molecule has 1 amide bonds. The zero-order valence-electron chi connectivity index (χ0n) is 14.5. The number of hydrogen-bond donors (Lipinski definition) is 1. The Morgan fingerprint density at radius 2 is 1.96 bits per heavy atom. The second-order valence-corrected chi connectivity index (χ2v) is 6.68. The van der Waals surface area contributed by atoms with Crippen LogP contribution in [0.15, 0.2) is 48.5 Å². The molecule has 6 heteroatoms. The Balaban J connectivity index is 1.86. The molecule has 1 saturated heterocycles. The minimum Gasteiger partial charge on any atom is -0.394 e. The van der Waals surface area contributed by atoms with Gasteiger partial charge in [-0.15, -0.1) is 0 Å². The molecule has 2 aromatic carbocycles. The van der Waals surface area contributed by atoms with Gasteiger partial charge in [-0.3, -0.25) is 4.79 Å². The van der Waals surface area contributed by atoms with Crippen LogP contribution >= 0.6 is 0 Å². The van der Waals surface area contributed by atoms with Gasteiger partial charge in [0.15, 0.2) is 11.6 Å². The van der Waals surface area contributed by atoms with E-state index in [1.54, 1.807) is 17.0 Å². The third kappa shape index (κ3) is 3.17. The number of hydrogen-bond acceptors (Lipinski definition) is 3. The molecule has 138 valence electrons. The quantitative estimate of drug-likeness (QED) is 0.766. The molecule has 1 aromatic heterocycles. The number of benzene rings is 2. The zero-order chi connectivity index (χ0) is 19.0. The number of para-hydroxylation sites is 1. The Hall–Kier alpha value is -2.86. The molecule has 0 bridgehead atoms. The highest BCUT2D eigenvalue weighted by Crippen LogP contribution is 2.28. The normalized spacial score (nSPS) is 16.9. The summed E-state index contributed by atoms with van der Waals surface area (Å²) in [5.41, 5.74) is 1.84. The van der Waals surface area contributed by atoms with Gasteiger partial charge in [-0.25, -0.2) is 13.8 Å². The van der Waals surface area contributed by atoms with Gasteiger partial charge in [0, 0.05) is 17.5 Å². The highest BCUT2D eigenvalue weighted by atomic mass is 19.2. The summed E-state index contributed by atoms with van der Waals surface area (Å²) >= 11 is 0. The molecule has 1 aliphatic rings. The first-order chi connectivity index (χ1) is 13.1. The van der Waals surface area contributed by atoms with Gasteiger partial charge < -0.3 is 10.0 Å². The molecule has 0 aliphatic carbocycles. The van der Waals surface area contributed by atoms with Crippen LogP contribution in [0.3, 0.4) is 0 Å². The molecule has 1 aliphatic heterocycles. The van der Waals surface area contributed by atoms with Crippen molar-refractivity contribution in [1.29, 1.82) is 0 Å². The van der Waals surface area contributed by atoms with Gasteiger partial charge in [0.05, 0.1) is 29.4 Å². The number of aliphatic hydroxyl groups is 1. The molecule has 1 N–H and O–H groups in total. The van der Waals surface area contributed by atoms with Crippen LogP contribution in [0.4, 0.5) is 8.78 Å². The van der Waals surface area contributed by atoms with Crippen molar-refractivity contribution in [1.82, 2.24) is 9.88 Å². The van der Waals surface area contributed by atoms with Crippen LogP contribution in [-0.2, 0) is 0 Å². The molecule has 4 rings (SSSR count). The predicted octanol–water partition coefficient (Wildman–Crippen LogP) is 3.78. The number of nitrogens with zero attached hydrogens (tertiary/aromatic N) is 2. The lowest BCUT2D eigenvalue weighted by Gasteiger charge is -2.24. The van der Waals surface area contributed by atoms with Crippen molar-refractivity contribution in [2.24, 2.45) is 0 Å². The number of halogens is 2. The van der Waals surface area contributed by atoms with E-state index < -0.39 is 11.6 Å². The molecule has 0 saturated carbocycles. The van der Waals surface area contributed by atoms with E-state index in [4.69, 9.17) is 0 Å². The molecular formula is C21H18F2N2O2. The molecular weight excluding hydrogens is 350 g/mol. The molecule has 0 unspecified atom stereocenters. The van der Waals surface area contributed by atoms with E-state index in [1.807, 2.05) is 18.2 Å². The van der Waals surface area contributed by atoms with Gasteiger partial charge in [-0.2, -0.15) is 0 Å². The van der Waals surface area contributed by atoms with E-state index in [-0.39, 0.29) is 18.6 Å². The third-order valence-electron chi connectivity index (χ3n) is 5.01. The molecule has 2 heterocycles. The summed E-state index contributed by atoms with van der Waals surface area (Å²) in [6.45, 7) is 0.506. The van der Waals surface area contributed by atoms with E-state index >= 15 is 0 Å². The first kappa shape index (κ1) is 17.5. The summed E-state index contributed by atoms with van der Waals surface area (Å²) in [5, 5.41) is 10.2. The molecule has 3 aromatic rings. The maximum Gasteiger partial charge on any atom is 0.254 e. The number of rotatable bonds is 3. The van der Waals surface area contributed by atoms with Crippen molar-refractivity contribution >= 4 is 16.8 Å². The number of pyridine rings is 1. The smallest absolute Gasteiger partial charge is 0.254 e. The lowest BCUT2D eigenvalue weighted by Crippen LogP contribution is -2.37. The van der Waals surface area contributed by atoms with Crippen LogP contribution in [-0.4, -0.2) is 40.1 Å². The van der Waals surface area contributed by atoms with Gasteiger partial charge in [0.2, 0.25) is 0 Å². The van der Waals surface area contributed by atoms with E-state index in [9.17, 15) is 18.7 Å². The van der Waals surface area contributed by atoms with Crippen LogP contribution in [0.1, 0.15) is 23.2 Å². The van der Waals surface area contributed by atoms with E-state index in [1.165, 1.54) is 6.07 Å². The Morgan fingerprint density at radius 3 is 2.74 bits per heavy atom. The van der Waals surface area contributed by atoms with Gasteiger partial charge in [0.25, 0.3) is 5.91 Å². The number of aliphatic hydroxyl groups excluding tert-OH is 1. The SMILES string of the molecule is O=C(c1cc(-c2ccc(F)c(F)c2)nc2ccccc12)N1CCC[C@H]1CO. The van der Waals surface area contributed by atoms with Crippen molar-refractivity contribution in [3.63, 3.8) is 0 Å². The monoisotopic (exact) mass is 368 g/mol. The van der Waals surface area contributed by atoms with E-state index in [0.717, 1.165) is 25.0 Å². The van der Waals surface area contributed by atoms with Crippen molar-refractivity contribution < 1.29 is 18.7 Å². The maximum absolute atomic E-state index is 13.7. The molecule has 0 spiro atoms. The largest absolute Gasteiger partial charge is 0.394 e. The van der Waals surface area contributed by atoms with Crippen molar-refractivity contribution in [2.45, 2.75) is 18.9 Å². The summed E-state index contributed by atoms with van der Waals surface area (Å²) in [4.78, 5) is 19.4. The van der Waals surface area contributed by atoms with E-state index in [0.29, 0.717) is 34.3 Å². The van der Waals surface area contributed by atoms with Crippen LogP contribution in [0.2, 0.25) is 0 Å². The molecule has 1 fully saturated rings. The molecule has 27 heavy (non-hydrogen) atoms. The predicted molar refractivity (Wildman–Crippen MR) is 98.2 cm³/mol. The Labute approximate surface area is 155 Å². The van der Waals surface area contributed by atoms with E-state index in [2.05, 4.69) is 4.98 Å².